The van der Waals surface area contributed by atoms with Crippen molar-refractivity contribution in [1.82, 2.24) is 4.90 Å². The van der Waals surface area contributed by atoms with Gasteiger partial charge in [-0.1, -0.05) is 31.5 Å². The molecule has 1 aliphatic heterocycles. The molecule has 162 valence electrons. The van der Waals surface area contributed by atoms with Gasteiger partial charge in [0, 0.05) is 35.3 Å². The number of para-hydroxylation sites is 1. The molecule has 1 heterocycles. The zero-order chi connectivity index (χ0) is 21.9. The van der Waals surface area contributed by atoms with E-state index < -0.39 is 5.97 Å². The third kappa shape index (κ3) is 4.46. The third-order valence-electron chi connectivity index (χ3n) is 5.61. The average Bonchev–Trinajstić information content (AvgIpc) is 3.14. The lowest BCUT2D eigenvalue weighted by molar-refractivity contribution is 0.0728. The Labute approximate surface area is 179 Å². The number of carbonyl (C=O) groups excluding carboxylic acids is 1. The molecule has 5 heteroatoms. The summed E-state index contributed by atoms with van der Waals surface area (Å²) >= 11 is 0. The quantitative estimate of drug-likeness (QED) is 0.341. The van der Waals surface area contributed by atoms with E-state index in [1.807, 2.05) is 25.1 Å². The lowest BCUT2D eigenvalue weighted by Crippen LogP contribution is -2.36. The number of unbranched alkanes of at least 4 members (excludes halogenated alkanes) is 1. The number of carbonyl (C=O) groups is 1. The van der Waals surface area contributed by atoms with Crippen LogP contribution in [-0.4, -0.2) is 30.1 Å². The molecule has 0 spiro atoms. The number of ether oxygens (including phenoxy) is 3. The van der Waals surface area contributed by atoms with E-state index in [1.54, 1.807) is 19.2 Å². The maximum absolute atomic E-state index is 13.3. The predicted molar refractivity (Wildman–Crippen MR) is 119 cm³/mol. The number of hydrogen-bond acceptors (Lipinski definition) is 5. The summed E-state index contributed by atoms with van der Waals surface area (Å²) in [4.78, 5) is 15.6. The second-order valence-electron chi connectivity index (χ2n) is 8.75. The first-order valence-electron chi connectivity index (χ1n) is 10.6. The van der Waals surface area contributed by atoms with Crippen molar-refractivity contribution >= 4 is 5.97 Å². The first-order chi connectivity index (χ1) is 14.3. The van der Waals surface area contributed by atoms with Crippen LogP contribution in [-0.2, 0) is 13.1 Å². The van der Waals surface area contributed by atoms with E-state index in [0.717, 1.165) is 41.8 Å². The number of nitrogens with zero attached hydrogens (tertiary/aromatic N) is 1. The Balaban J connectivity index is 2.10. The van der Waals surface area contributed by atoms with Gasteiger partial charge in [0.1, 0.15) is 22.8 Å². The van der Waals surface area contributed by atoms with E-state index in [2.05, 4.69) is 32.6 Å². The van der Waals surface area contributed by atoms with Gasteiger partial charge in [0.2, 0.25) is 0 Å². The zero-order valence-electron chi connectivity index (χ0n) is 19.0. The van der Waals surface area contributed by atoms with Crippen LogP contribution in [0.3, 0.4) is 0 Å². The Morgan fingerprint density at radius 2 is 1.70 bits per heavy atom. The summed E-state index contributed by atoms with van der Waals surface area (Å²) in [6.45, 7) is 12.7. The summed E-state index contributed by atoms with van der Waals surface area (Å²) in [5, 5.41) is 0. The molecule has 2 aromatic carbocycles. The molecule has 0 saturated carbocycles. The standard InChI is InChI=1S/C25H33NO4/c1-7-8-14-29-23-20-16-26(25(3,4)5)15-19(20)22(28-6)17(2)21(23)24(27)30-18-12-10-9-11-13-18/h9-13H,7-8,14-16H2,1-6H3. The lowest BCUT2D eigenvalue weighted by atomic mass is 9.97. The first-order valence-corrected chi connectivity index (χ1v) is 10.6. The van der Waals surface area contributed by atoms with Crippen molar-refractivity contribution in [2.24, 2.45) is 0 Å². The van der Waals surface area contributed by atoms with Gasteiger partial charge in [-0.05, 0) is 46.2 Å². The minimum Gasteiger partial charge on any atom is -0.496 e. The third-order valence-corrected chi connectivity index (χ3v) is 5.61. The molecule has 0 N–H and O–H groups in total. The highest BCUT2D eigenvalue weighted by molar-refractivity contribution is 5.97. The molecule has 0 radical (unpaired) electrons. The summed E-state index contributed by atoms with van der Waals surface area (Å²) in [7, 11) is 1.66. The van der Waals surface area contributed by atoms with Crippen molar-refractivity contribution in [3.63, 3.8) is 0 Å². The molecule has 3 rings (SSSR count). The number of esters is 1. The van der Waals surface area contributed by atoms with E-state index in [0.29, 0.717) is 30.2 Å². The Hall–Kier alpha value is -2.53. The van der Waals surface area contributed by atoms with Crippen molar-refractivity contribution in [1.29, 1.82) is 0 Å². The van der Waals surface area contributed by atoms with Crippen LogP contribution in [0, 0.1) is 6.92 Å². The second-order valence-corrected chi connectivity index (χ2v) is 8.75. The predicted octanol–water partition coefficient (Wildman–Crippen LogP) is 5.52. The fourth-order valence-corrected chi connectivity index (χ4v) is 3.83. The molecule has 0 unspecified atom stereocenters. The van der Waals surface area contributed by atoms with Gasteiger partial charge in [-0.3, -0.25) is 4.90 Å². The van der Waals surface area contributed by atoms with Gasteiger partial charge in [0.25, 0.3) is 0 Å². The molecule has 0 aliphatic carbocycles. The molecule has 0 aromatic heterocycles. The Morgan fingerprint density at radius 1 is 1.07 bits per heavy atom. The molecule has 5 nitrogen and oxygen atoms in total. The Morgan fingerprint density at radius 3 is 2.27 bits per heavy atom. The van der Waals surface area contributed by atoms with Crippen molar-refractivity contribution in [2.45, 2.75) is 66.1 Å². The van der Waals surface area contributed by atoms with Gasteiger partial charge >= 0.3 is 5.97 Å². The van der Waals surface area contributed by atoms with Gasteiger partial charge in [-0.25, -0.2) is 4.79 Å². The lowest BCUT2D eigenvalue weighted by Gasteiger charge is -2.31. The molecule has 0 atom stereocenters. The number of fused-ring (bicyclic) bond motifs is 1. The minimum atomic E-state index is -0.416. The van der Waals surface area contributed by atoms with Crippen LogP contribution >= 0.6 is 0 Å². The summed E-state index contributed by atoms with van der Waals surface area (Å²) < 4.78 is 17.7. The smallest absolute Gasteiger partial charge is 0.347 e. The van der Waals surface area contributed by atoms with Crippen LogP contribution in [0.15, 0.2) is 30.3 Å². The largest absolute Gasteiger partial charge is 0.496 e. The summed E-state index contributed by atoms with van der Waals surface area (Å²) in [5.74, 6) is 1.49. The van der Waals surface area contributed by atoms with Crippen molar-refractivity contribution in [3.05, 3.63) is 52.6 Å². The fourth-order valence-electron chi connectivity index (χ4n) is 3.83. The van der Waals surface area contributed by atoms with E-state index in [4.69, 9.17) is 14.2 Å². The van der Waals surface area contributed by atoms with Gasteiger partial charge in [0.15, 0.2) is 0 Å². The normalized spacial score (nSPS) is 13.8. The topological polar surface area (TPSA) is 48.0 Å². The van der Waals surface area contributed by atoms with Gasteiger partial charge < -0.3 is 14.2 Å². The highest BCUT2D eigenvalue weighted by atomic mass is 16.5. The van der Waals surface area contributed by atoms with Crippen LogP contribution in [0.1, 0.15) is 67.6 Å². The summed E-state index contributed by atoms with van der Waals surface area (Å²) in [5.41, 5.74) is 3.35. The molecule has 0 bridgehead atoms. The summed E-state index contributed by atoms with van der Waals surface area (Å²) in [6.07, 6.45) is 1.95. The van der Waals surface area contributed by atoms with Gasteiger partial charge in [-0.2, -0.15) is 0 Å². The van der Waals surface area contributed by atoms with Crippen molar-refractivity contribution in [2.75, 3.05) is 13.7 Å². The molecule has 2 aromatic rings. The van der Waals surface area contributed by atoms with Crippen molar-refractivity contribution in [3.8, 4) is 17.2 Å². The number of hydrogen-bond donors (Lipinski definition) is 0. The monoisotopic (exact) mass is 411 g/mol. The fraction of sp³-hybridized carbons (Fsp3) is 0.480. The molecular weight excluding hydrogens is 378 g/mol. The van der Waals surface area contributed by atoms with Gasteiger partial charge in [0.05, 0.1) is 13.7 Å². The molecular formula is C25H33NO4. The van der Waals surface area contributed by atoms with E-state index in [-0.39, 0.29) is 5.54 Å². The zero-order valence-corrected chi connectivity index (χ0v) is 19.0. The highest BCUT2D eigenvalue weighted by Gasteiger charge is 2.37. The van der Waals surface area contributed by atoms with E-state index >= 15 is 0 Å². The Kier molecular flexibility index (Phi) is 6.71. The van der Waals surface area contributed by atoms with Crippen LogP contribution in [0.25, 0.3) is 0 Å². The number of rotatable bonds is 7. The van der Waals surface area contributed by atoms with Crippen LogP contribution in [0.4, 0.5) is 0 Å². The molecule has 0 fully saturated rings. The molecule has 1 aliphatic rings. The maximum atomic E-state index is 13.3. The highest BCUT2D eigenvalue weighted by Crippen LogP contribution is 2.45. The van der Waals surface area contributed by atoms with E-state index in [1.165, 1.54) is 0 Å². The van der Waals surface area contributed by atoms with Crippen LogP contribution in [0.5, 0.6) is 17.2 Å². The van der Waals surface area contributed by atoms with Gasteiger partial charge in [-0.15, -0.1) is 0 Å². The van der Waals surface area contributed by atoms with Crippen LogP contribution in [0.2, 0.25) is 0 Å². The summed E-state index contributed by atoms with van der Waals surface area (Å²) in [6, 6.07) is 9.13. The average molecular weight is 412 g/mol. The second kappa shape index (κ2) is 9.09. The molecule has 30 heavy (non-hydrogen) atoms. The van der Waals surface area contributed by atoms with E-state index in [9.17, 15) is 4.79 Å². The number of benzene rings is 2. The van der Waals surface area contributed by atoms with Crippen LogP contribution < -0.4 is 14.2 Å². The molecule has 0 amide bonds. The first kappa shape index (κ1) is 22.2. The van der Waals surface area contributed by atoms with Crippen molar-refractivity contribution < 1.29 is 19.0 Å². The molecule has 0 saturated heterocycles. The maximum Gasteiger partial charge on any atom is 0.347 e. The minimum absolute atomic E-state index is 0.0106. The Bertz CT molecular complexity index is 900. The number of methoxy groups -OCH3 is 1. The SMILES string of the molecule is CCCCOc1c2c(c(OC)c(C)c1C(=O)Oc1ccccc1)CN(C(C)(C)C)C2.